The summed E-state index contributed by atoms with van der Waals surface area (Å²) in [7, 11) is 0. The monoisotopic (exact) mass is 484 g/mol. The molecule has 2 aromatic heterocycles. The Kier molecular flexibility index (Phi) is 7.26. The van der Waals surface area contributed by atoms with Crippen molar-refractivity contribution in [1.29, 1.82) is 0 Å². The van der Waals surface area contributed by atoms with Gasteiger partial charge in [-0.2, -0.15) is 13.2 Å². The summed E-state index contributed by atoms with van der Waals surface area (Å²) >= 11 is 7.00. The maximum absolute atomic E-state index is 13.1. The van der Waals surface area contributed by atoms with E-state index in [4.69, 9.17) is 16.3 Å². The highest BCUT2D eigenvalue weighted by molar-refractivity contribution is 7.11. The summed E-state index contributed by atoms with van der Waals surface area (Å²) < 4.78 is 56.2. The van der Waals surface area contributed by atoms with Crippen molar-refractivity contribution < 1.29 is 31.9 Å². The summed E-state index contributed by atoms with van der Waals surface area (Å²) in [5.41, 5.74) is -0.388. The van der Waals surface area contributed by atoms with Crippen LogP contribution in [0.15, 0.2) is 54.0 Å². The predicted molar refractivity (Wildman–Crippen MR) is 112 cm³/mol. The van der Waals surface area contributed by atoms with Gasteiger partial charge in [0.2, 0.25) is 0 Å². The highest BCUT2D eigenvalue weighted by atomic mass is 35.5. The zero-order chi connectivity index (χ0) is 23.3. The van der Waals surface area contributed by atoms with Crippen molar-refractivity contribution in [2.45, 2.75) is 6.18 Å². The van der Waals surface area contributed by atoms with Gasteiger partial charge in [-0.1, -0.05) is 29.8 Å². The minimum absolute atomic E-state index is 0.144. The van der Waals surface area contributed by atoms with E-state index in [1.807, 2.05) is 0 Å². The lowest BCUT2D eigenvalue weighted by molar-refractivity contribution is -0.141. The highest BCUT2D eigenvalue weighted by Crippen LogP contribution is 2.32. The molecule has 1 N–H and O–H groups in total. The molecule has 32 heavy (non-hydrogen) atoms. The molecule has 0 atom stereocenters. The molecule has 0 saturated heterocycles. The number of carbonyl (C=O) groups is 2. The number of halogens is 5. The lowest BCUT2D eigenvalue weighted by atomic mass is 10.1. The molecule has 0 aliphatic heterocycles. The molecular weight excluding hydrogens is 472 g/mol. The number of esters is 1. The second-order valence-corrected chi connectivity index (χ2v) is 7.62. The molecule has 0 unspecified atom stereocenters. The van der Waals surface area contributed by atoms with Crippen molar-refractivity contribution in [2.75, 3.05) is 11.9 Å². The average Bonchev–Trinajstić information content (AvgIpc) is 3.27. The number of benzene rings is 1. The predicted octanol–water partition coefficient (Wildman–Crippen LogP) is 5.68. The first kappa shape index (κ1) is 23.4. The van der Waals surface area contributed by atoms with Crippen LogP contribution in [0.2, 0.25) is 5.02 Å². The molecule has 3 aromatic rings. The van der Waals surface area contributed by atoms with Gasteiger partial charge in [-0.15, -0.1) is 11.3 Å². The van der Waals surface area contributed by atoms with Crippen LogP contribution in [-0.2, 0) is 20.5 Å². The summed E-state index contributed by atoms with van der Waals surface area (Å²) in [6.07, 6.45) is -2.63. The second kappa shape index (κ2) is 9.92. The molecule has 2 heterocycles. The molecule has 0 fully saturated rings. The Balaban J connectivity index is 1.68. The van der Waals surface area contributed by atoms with Gasteiger partial charge in [0, 0.05) is 11.1 Å². The van der Waals surface area contributed by atoms with E-state index < -0.39 is 41.1 Å². The molecule has 0 aliphatic carbocycles. The number of pyridine rings is 1. The molecule has 166 valence electrons. The number of alkyl halides is 3. The molecule has 0 radical (unpaired) electrons. The first-order valence-corrected chi connectivity index (χ1v) is 10.1. The maximum Gasteiger partial charge on any atom is 0.417 e. The fraction of sp³-hybridized carbons (Fsp3) is 0.0952. The third-order valence-corrected chi connectivity index (χ3v) is 5.14. The molecule has 0 saturated carbocycles. The van der Waals surface area contributed by atoms with Gasteiger partial charge in [-0.3, -0.25) is 4.79 Å². The molecule has 5 nitrogen and oxygen atoms in total. The number of thiophene rings is 1. The zero-order valence-corrected chi connectivity index (χ0v) is 17.5. The fourth-order valence-corrected chi connectivity index (χ4v) is 3.39. The smallest absolute Gasteiger partial charge is 0.417 e. The quantitative estimate of drug-likeness (QED) is 0.278. The molecule has 11 heteroatoms. The first-order valence-electron chi connectivity index (χ1n) is 8.84. The summed E-state index contributed by atoms with van der Waals surface area (Å²) in [5.74, 6) is -2.41. The molecule has 1 amide bonds. The summed E-state index contributed by atoms with van der Waals surface area (Å²) in [6, 6.07) is 9.43. The van der Waals surface area contributed by atoms with Crippen molar-refractivity contribution in [3.8, 4) is 0 Å². The minimum Gasteiger partial charge on any atom is -0.452 e. The van der Waals surface area contributed by atoms with Crippen LogP contribution in [-0.4, -0.2) is 23.5 Å². The van der Waals surface area contributed by atoms with Crippen LogP contribution < -0.4 is 5.32 Å². The molecular formula is C21H13ClF4N2O3S. The number of nitrogens with zero attached hydrogens (tertiary/aromatic N) is 1. The SMILES string of the molecule is O=C(COC(=O)/C(=C/c1ccc(F)cc1)c1cccs1)Nc1ncc(C(F)(F)F)cc1Cl. The van der Waals surface area contributed by atoms with Crippen LogP contribution in [0.1, 0.15) is 16.0 Å². The van der Waals surface area contributed by atoms with Crippen LogP contribution in [0.3, 0.4) is 0 Å². The molecule has 3 rings (SSSR count). The van der Waals surface area contributed by atoms with E-state index in [0.29, 0.717) is 22.7 Å². The average molecular weight is 485 g/mol. The number of nitrogens with one attached hydrogen (secondary N) is 1. The van der Waals surface area contributed by atoms with Gasteiger partial charge in [0.1, 0.15) is 5.82 Å². The van der Waals surface area contributed by atoms with E-state index in [2.05, 4.69) is 10.3 Å². The summed E-state index contributed by atoms with van der Waals surface area (Å²) in [4.78, 5) is 28.7. The molecule has 0 spiro atoms. The van der Waals surface area contributed by atoms with Gasteiger partial charge in [0.15, 0.2) is 12.4 Å². The van der Waals surface area contributed by atoms with E-state index in [1.54, 1.807) is 17.5 Å². The zero-order valence-electron chi connectivity index (χ0n) is 16.0. The molecule has 0 bridgehead atoms. The van der Waals surface area contributed by atoms with E-state index in [-0.39, 0.29) is 11.4 Å². The minimum atomic E-state index is -4.64. The second-order valence-electron chi connectivity index (χ2n) is 6.26. The van der Waals surface area contributed by atoms with Gasteiger partial charge < -0.3 is 10.1 Å². The molecule has 1 aromatic carbocycles. The Labute approximate surface area is 188 Å². The van der Waals surface area contributed by atoms with E-state index in [9.17, 15) is 27.2 Å². The summed E-state index contributed by atoms with van der Waals surface area (Å²) in [5, 5.41) is 3.51. The van der Waals surface area contributed by atoms with E-state index >= 15 is 0 Å². The number of anilines is 1. The number of amides is 1. The number of hydrogen-bond donors (Lipinski definition) is 1. The Hall–Kier alpha value is -3.24. The highest BCUT2D eigenvalue weighted by Gasteiger charge is 2.31. The van der Waals surface area contributed by atoms with Gasteiger partial charge in [-0.05, 0) is 41.3 Å². The normalized spacial score (nSPS) is 11.8. The van der Waals surface area contributed by atoms with Gasteiger partial charge >= 0.3 is 12.1 Å². The van der Waals surface area contributed by atoms with Crippen LogP contribution in [0.25, 0.3) is 11.6 Å². The van der Waals surface area contributed by atoms with E-state index in [1.165, 1.54) is 41.7 Å². The number of rotatable bonds is 6. The lowest BCUT2D eigenvalue weighted by Crippen LogP contribution is -2.22. The standard InChI is InChI=1S/C21H13ClF4N2O3S/c22-16-9-13(21(24,25)26)10-27-19(16)28-18(29)11-31-20(30)15(17-2-1-7-32-17)8-12-3-5-14(23)6-4-12/h1-10H,11H2,(H,27,28,29)/b15-8+. The molecule has 0 aliphatic rings. The topological polar surface area (TPSA) is 68.3 Å². The third-order valence-electron chi connectivity index (χ3n) is 3.95. The van der Waals surface area contributed by atoms with Gasteiger partial charge in [-0.25, -0.2) is 14.2 Å². The third kappa shape index (κ3) is 6.14. The van der Waals surface area contributed by atoms with Crippen molar-refractivity contribution in [2.24, 2.45) is 0 Å². The first-order chi connectivity index (χ1) is 15.1. The fourth-order valence-electron chi connectivity index (χ4n) is 2.45. The summed E-state index contributed by atoms with van der Waals surface area (Å²) in [6.45, 7) is -0.732. The van der Waals surface area contributed by atoms with Crippen molar-refractivity contribution in [1.82, 2.24) is 4.98 Å². The van der Waals surface area contributed by atoms with Crippen LogP contribution >= 0.6 is 22.9 Å². The van der Waals surface area contributed by atoms with Crippen LogP contribution in [0.4, 0.5) is 23.4 Å². The van der Waals surface area contributed by atoms with Crippen molar-refractivity contribution >= 4 is 52.3 Å². The number of hydrogen-bond acceptors (Lipinski definition) is 5. The Bertz CT molecular complexity index is 1150. The Morgan fingerprint density at radius 2 is 1.91 bits per heavy atom. The lowest BCUT2D eigenvalue weighted by Gasteiger charge is -2.11. The van der Waals surface area contributed by atoms with E-state index in [0.717, 1.165) is 0 Å². The number of carbonyl (C=O) groups excluding carboxylic acids is 2. The van der Waals surface area contributed by atoms with Crippen LogP contribution in [0, 0.1) is 5.82 Å². The van der Waals surface area contributed by atoms with Crippen molar-refractivity contribution in [3.63, 3.8) is 0 Å². The number of aromatic nitrogens is 1. The van der Waals surface area contributed by atoms with Gasteiger partial charge in [0.25, 0.3) is 5.91 Å². The largest absolute Gasteiger partial charge is 0.452 e. The van der Waals surface area contributed by atoms with Crippen LogP contribution in [0.5, 0.6) is 0 Å². The Morgan fingerprint density at radius 3 is 2.50 bits per heavy atom. The van der Waals surface area contributed by atoms with Gasteiger partial charge in [0.05, 0.1) is 16.2 Å². The number of ether oxygens (including phenoxy) is 1. The maximum atomic E-state index is 13.1. The van der Waals surface area contributed by atoms with Crippen molar-refractivity contribution in [3.05, 3.63) is 80.9 Å². The Morgan fingerprint density at radius 1 is 1.19 bits per heavy atom.